The summed E-state index contributed by atoms with van der Waals surface area (Å²) >= 11 is 3.49. The molecule has 0 unspecified atom stereocenters. The standard InChI is InChI=1S/C15H21BrOSi/c1-5-8-13(12-18(2,3)4)11-17-15-10-7-6-9-14(15)16/h5-7,9-10,12H,1,8,11H2,2-4H3/b13-12+. The van der Waals surface area contributed by atoms with Crippen molar-refractivity contribution in [3.05, 3.63) is 52.7 Å². The molecule has 0 aromatic heterocycles. The minimum absolute atomic E-state index is 0.638. The Labute approximate surface area is 120 Å². The molecule has 0 aliphatic carbocycles. The van der Waals surface area contributed by atoms with E-state index < -0.39 is 8.07 Å². The molecule has 0 amide bonds. The lowest BCUT2D eigenvalue weighted by atomic mass is 10.2. The molecule has 3 heteroatoms. The van der Waals surface area contributed by atoms with Crippen molar-refractivity contribution < 1.29 is 4.74 Å². The summed E-state index contributed by atoms with van der Waals surface area (Å²) in [4.78, 5) is 0. The van der Waals surface area contributed by atoms with Crippen molar-refractivity contribution in [3.63, 3.8) is 0 Å². The van der Waals surface area contributed by atoms with Crippen LogP contribution in [-0.2, 0) is 0 Å². The largest absolute Gasteiger partial charge is 0.488 e. The van der Waals surface area contributed by atoms with Crippen LogP contribution in [0, 0.1) is 0 Å². The van der Waals surface area contributed by atoms with Crippen molar-refractivity contribution in [2.75, 3.05) is 6.61 Å². The molecule has 0 saturated heterocycles. The van der Waals surface area contributed by atoms with Crippen LogP contribution < -0.4 is 4.74 Å². The number of ether oxygens (including phenoxy) is 1. The zero-order valence-electron chi connectivity index (χ0n) is 11.4. The molecule has 0 fully saturated rings. The highest BCUT2D eigenvalue weighted by Crippen LogP contribution is 2.24. The summed E-state index contributed by atoms with van der Waals surface area (Å²) in [6.07, 6.45) is 2.84. The third-order valence-corrected chi connectivity index (χ3v) is 4.22. The summed E-state index contributed by atoms with van der Waals surface area (Å²) in [5.74, 6) is 0.892. The molecule has 0 spiro atoms. The summed E-state index contributed by atoms with van der Waals surface area (Å²) in [6.45, 7) is 11.4. The zero-order chi connectivity index (χ0) is 13.6. The van der Waals surface area contributed by atoms with E-state index >= 15 is 0 Å². The smallest absolute Gasteiger partial charge is 0.133 e. The van der Waals surface area contributed by atoms with Gasteiger partial charge < -0.3 is 4.74 Å². The topological polar surface area (TPSA) is 9.23 Å². The van der Waals surface area contributed by atoms with Crippen LogP contribution in [0.2, 0.25) is 19.6 Å². The Bertz CT molecular complexity index is 432. The van der Waals surface area contributed by atoms with Crippen molar-refractivity contribution in [1.29, 1.82) is 0 Å². The molecule has 0 N–H and O–H groups in total. The molecule has 0 aliphatic heterocycles. The van der Waals surface area contributed by atoms with Crippen LogP contribution in [0.3, 0.4) is 0 Å². The van der Waals surface area contributed by atoms with E-state index in [9.17, 15) is 0 Å². The van der Waals surface area contributed by atoms with Crippen LogP contribution in [0.15, 0.2) is 52.7 Å². The van der Waals surface area contributed by atoms with E-state index in [0.717, 1.165) is 16.6 Å². The van der Waals surface area contributed by atoms with E-state index in [2.05, 4.69) is 47.8 Å². The maximum atomic E-state index is 5.86. The maximum Gasteiger partial charge on any atom is 0.133 e. The van der Waals surface area contributed by atoms with Crippen molar-refractivity contribution >= 4 is 24.0 Å². The summed E-state index contributed by atoms with van der Waals surface area (Å²) in [6, 6.07) is 7.93. The number of para-hydroxylation sites is 1. The van der Waals surface area contributed by atoms with Crippen molar-refractivity contribution in [3.8, 4) is 5.75 Å². The summed E-state index contributed by atoms with van der Waals surface area (Å²) in [5, 5.41) is 0. The Balaban J connectivity index is 2.72. The minimum Gasteiger partial charge on any atom is -0.488 e. The average molecular weight is 325 g/mol. The highest BCUT2D eigenvalue weighted by Gasteiger charge is 2.11. The van der Waals surface area contributed by atoms with Gasteiger partial charge in [-0.1, -0.05) is 43.5 Å². The van der Waals surface area contributed by atoms with Crippen molar-refractivity contribution in [2.24, 2.45) is 0 Å². The number of rotatable bonds is 6. The van der Waals surface area contributed by atoms with Crippen molar-refractivity contribution in [2.45, 2.75) is 26.1 Å². The van der Waals surface area contributed by atoms with Gasteiger partial charge in [0.1, 0.15) is 12.4 Å². The van der Waals surface area contributed by atoms with E-state index in [1.165, 1.54) is 5.57 Å². The van der Waals surface area contributed by atoms with Gasteiger partial charge in [0.25, 0.3) is 0 Å². The monoisotopic (exact) mass is 324 g/mol. The summed E-state index contributed by atoms with van der Waals surface area (Å²) in [7, 11) is -1.21. The first-order valence-corrected chi connectivity index (χ1v) is 10.5. The number of allylic oxidation sites excluding steroid dienone is 1. The summed E-state index contributed by atoms with van der Waals surface area (Å²) in [5.41, 5.74) is 3.71. The van der Waals surface area contributed by atoms with E-state index in [4.69, 9.17) is 4.74 Å². The van der Waals surface area contributed by atoms with E-state index in [-0.39, 0.29) is 0 Å². The molecule has 1 rings (SSSR count). The molecule has 0 saturated carbocycles. The Hall–Kier alpha value is -0.803. The Morgan fingerprint density at radius 3 is 2.56 bits per heavy atom. The predicted molar refractivity (Wildman–Crippen MR) is 85.9 cm³/mol. The van der Waals surface area contributed by atoms with Crippen LogP contribution in [0.4, 0.5) is 0 Å². The molecule has 0 bridgehead atoms. The fraction of sp³-hybridized carbons (Fsp3) is 0.333. The third-order valence-electron chi connectivity index (χ3n) is 2.29. The lowest BCUT2D eigenvalue weighted by molar-refractivity contribution is 0.348. The fourth-order valence-corrected chi connectivity index (χ4v) is 3.51. The highest BCUT2D eigenvalue weighted by molar-refractivity contribution is 9.10. The lowest BCUT2D eigenvalue weighted by Gasteiger charge is -2.15. The zero-order valence-corrected chi connectivity index (χ0v) is 14.0. The van der Waals surface area contributed by atoms with Gasteiger partial charge in [-0.2, -0.15) is 0 Å². The second-order valence-corrected chi connectivity index (χ2v) is 11.3. The van der Waals surface area contributed by atoms with Gasteiger partial charge in [0.2, 0.25) is 0 Å². The third kappa shape index (κ3) is 5.69. The van der Waals surface area contributed by atoms with Crippen LogP contribution >= 0.6 is 15.9 Å². The number of hydrogen-bond acceptors (Lipinski definition) is 1. The van der Waals surface area contributed by atoms with Crippen LogP contribution in [0.5, 0.6) is 5.75 Å². The van der Waals surface area contributed by atoms with Gasteiger partial charge in [0, 0.05) is 0 Å². The average Bonchev–Trinajstić information content (AvgIpc) is 2.26. The second kappa shape index (κ2) is 6.95. The number of benzene rings is 1. The first-order valence-electron chi connectivity index (χ1n) is 6.11. The molecule has 0 heterocycles. The molecule has 1 aromatic rings. The summed E-state index contributed by atoms with van der Waals surface area (Å²) < 4.78 is 6.85. The van der Waals surface area contributed by atoms with E-state index in [1.54, 1.807) is 0 Å². The molecule has 0 atom stereocenters. The SMILES string of the molecule is C=CC/C(=C\[Si](C)(C)C)COc1ccccc1Br. The predicted octanol–water partition coefficient (Wildman–Crippen LogP) is 5.21. The second-order valence-electron chi connectivity index (χ2n) is 5.38. The molecule has 1 aromatic carbocycles. The van der Waals surface area contributed by atoms with Gasteiger partial charge >= 0.3 is 0 Å². The quantitative estimate of drug-likeness (QED) is 0.515. The van der Waals surface area contributed by atoms with Gasteiger partial charge in [0.15, 0.2) is 0 Å². The lowest BCUT2D eigenvalue weighted by Crippen LogP contribution is -2.18. The Kier molecular flexibility index (Phi) is 5.89. The molecule has 98 valence electrons. The van der Waals surface area contributed by atoms with E-state index in [0.29, 0.717) is 6.61 Å². The first-order chi connectivity index (χ1) is 8.42. The molecule has 1 nitrogen and oxygen atoms in total. The first kappa shape index (κ1) is 15.3. The maximum absolute atomic E-state index is 5.86. The highest BCUT2D eigenvalue weighted by atomic mass is 79.9. The molecule has 0 radical (unpaired) electrons. The van der Waals surface area contributed by atoms with Gasteiger partial charge in [0.05, 0.1) is 12.5 Å². The molecular formula is C15H21BrOSi. The molecule has 0 aliphatic rings. The van der Waals surface area contributed by atoms with Gasteiger partial charge in [-0.15, -0.1) is 6.58 Å². The normalized spacial score (nSPS) is 12.3. The van der Waals surface area contributed by atoms with Gasteiger partial charge in [-0.25, -0.2) is 0 Å². The fourth-order valence-electron chi connectivity index (χ4n) is 1.69. The number of hydrogen-bond donors (Lipinski definition) is 0. The van der Waals surface area contributed by atoms with Crippen molar-refractivity contribution in [1.82, 2.24) is 0 Å². The Morgan fingerprint density at radius 1 is 1.33 bits per heavy atom. The van der Waals surface area contributed by atoms with Gasteiger partial charge in [-0.05, 0) is 40.1 Å². The minimum atomic E-state index is -1.21. The molecule has 18 heavy (non-hydrogen) atoms. The molecular weight excluding hydrogens is 304 g/mol. The van der Waals surface area contributed by atoms with Crippen LogP contribution in [0.25, 0.3) is 0 Å². The van der Waals surface area contributed by atoms with Gasteiger partial charge in [-0.3, -0.25) is 0 Å². The Morgan fingerprint density at radius 2 is 2.00 bits per heavy atom. The van der Waals surface area contributed by atoms with Crippen LogP contribution in [-0.4, -0.2) is 14.7 Å². The van der Waals surface area contributed by atoms with E-state index in [1.807, 2.05) is 30.3 Å². The van der Waals surface area contributed by atoms with Crippen LogP contribution in [0.1, 0.15) is 6.42 Å². The number of halogens is 1.